The van der Waals surface area contributed by atoms with Gasteiger partial charge in [0.15, 0.2) is 11.4 Å². The van der Waals surface area contributed by atoms with Crippen LogP contribution in [0, 0.1) is 0 Å². The molecule has 3 aromatic carbocycles. The molecular formula is C28H24Cl2F3NO3. The van der Waals surface area contributed by atoms with E-state index in [2.05, 4.69) is 20.8 Å². The van der Waals surface area contributed by atoms with Gasteiger partial charge in [-0.1, -0.05) is 56.1 Å². The van der Waals surface area contributed by atoms with Gasteiger partial charge in [-0.25, -0.2) is 4.79 Å². The van der Waals surface area contributed by atoms with Crippen LogP contribution in [0.5, 0.6) is 11.5 Å². The van der Waals surface area contributed by atoms with Crippen molar-refractivity contribution in [2.24, 2.45) is 0 Å². The number of hydrogen-bond donors (Lipinski definition) is 0. The third kappa shape index (κ3) is 5.43. The lowest BCUT2D eigenvalue weighted by Crippen LogP contribution is -2.13. The molecule has 0 amide bonds. The molecule has 1 aromatic heterocycles. The second kappa shape index (κ2) is 9.95. The summed E-state index contributed by atoms with van der Waals surface area (Å²) >= 11 is 12.1. The van der Waals surface area contributed by atoms with E-state index in [1.807, 2.05) is 24.3 Å². The minimum Gasteiger partial charge on any atom is -0.461 e. The van der Waals surface area contributed by atoms with Crippen molar-refractivity contribution in [3.63, 3.8) is 0 Å². The predicted molar refractivity (Wildman–Crippen MR) is 139 cm³/mol. The number of fused-ring (bicyclic) bond motifs is 1. The molecule has 37 heavy (non-hydrogen) atoms. The van der Waals surface area contributed by atoms with Gasteiger partial charge in [-0.05, 0) is 66.4 Å². The number of alkyl halides is 3. The van der Waals surface area contributed by atoms with Crippen LogP contribution in [0.25, 0.3) is 16.6 Å². The van der Waals surface area contributed by atoms with Crippen molar-refractivity contribution in [2.75, 3.05) is 6.61 Å². The Morgan fingerprint density at radius 2 is 1.62 bits per heavy atom. The highest BCUT2D eigenvalue weighted by atomic mass is 35.5. The first-order valence-electron chi connectivity index (χ1n) is 11.5. The Morgan fingerprint density at radius 3 is 2.22 bits per heavy atom. The molecule has 0 fully saturated rings. The summed E-state index contributed by atoms with van der Waals surface area (Å²) in [6, 6.07) is 15.8. The topological polar surface area (TPSA) is 40.5 Å². The maximum Gasteiger partial charge on any atom is 0.417 e. The standard InChI is InChI=1S/C28H24Cl2F3NO3/c1-5-36-26(35)24-25(37-19-11-12-22(30)21(15-19)28(31,32)33)20-14-17(29)8-13-23(20)34(24)18-9-6-16(7-10-18)27(2,3)4/h6-15H,5H2,1-4H3. The van der Waals surface area contributed by atoms with Gasteiger partial charge >= 0.3 is 12.1 Å². The number of aromatic nitrogens is 1. The molecule has 4 nitrogen and oxygen atoms in total. The second-order valence-corrected chi connectivity index (χ2v) is 10.3. The van der Waals surface area contributed by atoms with Gasteiger partial charge in [0.1, 0.15) is 5.75 Å². The molecule has 0 aliphatic rings. The lowest BCUT2D eigenvalue weighted by Gasteiger charge is -2.20. The molecule has 0 saturated carbocycles. The molecule has 1 heterocycles. The fourth-order valence-electron chi connectivity index (χ4n) is 4.00. The van der Waals surface area contributed by atoms with E-state index in [1.54, 1.807) is 29.7 Å². The van der Waals surface area contributed by atoms with E-state index in [0.717, 1.165) is 17.7 Å². The summed E-state index contributed by atoms with van der Waals surface area (Å²) in [4.78, 5) is 13.3. The average molecular weight is 550 g/mol. The minimum atomic E-state index is -4.69. The molecule has 0 bridgehead atoms. The van der Waals surface area contributed by atoms with E-state index in [1.165, 1.54) is 6.07 Å². The van der Waals surface area contributed by atoms with Crippen LogP contribution in [0.15, 0.2) is 60.7 Å². The normalized spacial score (nSPS) is 12.1. The first-order valence-corrected chi connectivity index (χ1v) is 12.2. The van der Waals surface area contributed by atoms with Crippen LogP contribution in [-0.4, -0.2) is 17.1 Å². The zero-order valence-electron chi connectivity index (χ0n) is 20.5. The van der Waals surface area contributed by atoms with Gasteiger partial charge < -0.3 is 14.0 Å². The maximum absolute atomic E-state index is 13.5. The van der Waals surface area contributed by atoms with Crippen LogP contribution >= 0.6 is 23.2 Å². The Labute approximate surface area is 222 Å². The van der Waals surface area contributed by atoms with Crippen molar-refractivity contribution >= 4 is 40.1 Å². The van der Waals surface area contributed by atoms with E-state index in [9.17, 15) is 18.0 Å². The molecular weight excluding hydrogens is 526 g/mol. The summed E-state index contributed by atoms with van der Waals surface area (Å²) in [7, 11) is 0. The molecule has 0 atom stereocenters. The van der Waals surface area contributed by atoms with Crippen molar-refractivity contribution in [3.8, 4) is 17.2 Å². The number of rotatable bonds is 5. The zero-order chi connectivity index (χ0) is 27.1. The fourth-order valence-corrected chi connectivity index (χ4v) is 4.40. The molecule has 0 spiro atoms. The third-order valence-electron chi connectivity index (χ3n) is 5.81. The fraction of sp³-hybridized carbons (Fsp3) is 0.250. The largest absolute Gasteiger partial charge is 0.461 e. The number of ether oxygens (including phenoxy) is 2. The van der Waals surface area contributed by atoms with Crippen LogP contribution in [0.1, 0.15) is 49.3 Å². The van der Waals surface area contributed by atoms with E-state index < -0.39 is 22.7 Å². The Morgan fingerprint density at radius 1 is 0.946 bits per heavy atom. The van der Waals surface area contributed by atoms with E-state index >= 15 is 0 Å². The van der Waals surface area contributed by atoms with Gasteiger partial charge in [-0.15, -0.1) is 0 Å². The second-order valence-electron chi connectivity index (χ2n) is 9.43. The first kappa shape index (κ1) is 26.9. The van der Waals surface area contributed by atoms with E-state index in [4.69, 9.17) is 32.7 Å². The Balaban J connectivity index is 1.98. The van der Waals surface area contributed by atoms with Crippen molar-refractivity contribution < 1.29 is 27.4 Å². The molecule has 0 aliphatic heterocycles. The number of esters is 1. The van der Waals surface area contributed by atoms with Crippen LogP contribution < -0.4 is 4.74 Å². The smallest absolute Gasteiger partial charge is 0.417 e. The molecule has 194 valence electrons. The van der Waals surface area contributed by atoms with Crippen molar-refractivity contribution in [1.29, 1.82) is 0 Å². The van der Waals surface area contributed by atoms with E-state index in [-0.39, 0.29) is 29.2 Å². The zero-order valence-corrected chi connectivity index (χ0v) is 22.1. The monoisotopic (exact) mass is 549 g/mol. The Kier molecular flexibility index (Phi) is 7.23. The molecule has 0 aliphatic carbocycles. The number of benzene rings is 3. The first-order chi connectivity index (χ1) is 17.3. The average Bonchev–Trinajstić information content (AvgIpc) is 3.12. The van der Waals surface area contributed by atoms with Crippen LogP contribution in [-0.2, 0) is 16.3 Å². The summed E-state index contributed by atoms with van der Waals surface area (Å²) in [5.74, 6) is -0.828. The SMILES string of the molecule is CCOC(=O)c1c(Oc2ccc(Cl)c(C(F)(F)F)c2)c2cc(Cl)ccc2n1-c1ccc(C(C)(C)C)cc1. The van der Waals surface area contributed by atoms with Gasteiger partial charge in [0, 0.05) is 16.1 Å². The number of hydrogen-bond acceptors (Lipinski definition) is 3. The number of halogens is 5. The van der Waals surface area contributed by atoms with Gasteiger partial charge in [-0.2, -0.15) is 13.2 Å². The highest BCUT2D eigenvalue weighted by Gasteiger charge is 2.34. The molecule has 0 saturated heterocycles. The van der Waals surface area contributed by atoms with E-state index in [0.29, 0.717) is 21.6 Å². The highest BCUT2D eigenvalue weighted by Crippen LogP contribution is 2.42. The number of nitrogens with zero attached hydrogens (tertiary/aromatic N) is 1. The van der Waals surface area contributed by atoms with Crippen molar-refractivity contribution in [2.45, 2.75) is 39.3 Å². The molecule has 9 heteroatoms. The molecule has 4 rings (SSSR count). The van der Waals surface area contributed by atoms with Gasteiger partial charge in [-0.3, -0.25) is 0 Å². The van der Waals surface area contributed by atoms with Gasteiger partial charge in [0.25, 0.3) is 0 Å². The van der Waals surface area contributed by atoms with Crippen molar-refractivity contribution in [1.82, 2.24) is 4.57 Å². The van der Waals surface area contributed by atoms with Gasteiger partial charge in [0.2, 0.25) is 0 Å². The number of carbonyl (C=O) groups excluding carboxylic acids is 1. The van der Waals surface area contributed by atoms with Crippen molar-refractivity contribution in [3.05, 3.63) is 87.5 Å². The van der Waals surface area contributed by atoms with Crippen LogP contribution in [0.2, 0.25) is 10.0 Å². The summed E-state index contributed by atoms with van der Waals surface area (Å²) in [6.07, 6.45) is -4.69. The Hall–Kier alpha value is -3.16. The van der Waals surface area contributed by atoms with Crippen LogP contribution in [0.4, 0.5) is 13.2 Å². The molecule has 0 unspecified atom stereocenters. The molecule has 4 aromatic rings. The summed E-state index contributed by atoms with van der Waals surface area (Å²) in [5.41, 5.74) is 1.18. The van der Waals surface area contributed by atoms with Crippen LogP contribution in [0.3, 0.4) is 0 Å². The third-order valence-corrected chi connectivity index (χ3v) is 6.37. The predicted octanol–water partition coefficient (Wildman–Crippen LogP) is 9.22. The Bertz CT molecular complexity index is 1470. The quantitative estimate of drug-likeness (QED) is 0.233. The summed E-state index contributed by atoms with van der Waals surface area (Å²) in [6.45, 7) is 8.02. The highest BCUT2D eigenvalue weighted by molar-refractivity contribution is 6.31. The lowest BCUT2D eigenvalue weighted by molar-refractivity contribution is -0.137. The maximum atomic E-state index is 13.5. The summed E-state index contributed by atoms with van der Waals surface area (Å²) < 4.78 is 53.4. The molecule has 0 N–H and O–H groups in total. The summed E-state index contributed by atoms with van der Waals surface area (Å²) in [5, 5.41) is 0.328. The van der Waals surface area contributed by atoms with Gasteiger partial charge in [0.05, 0.1) is 22.7 Å². The minimum absolute atomic E-state index is 0.0196. The number of carbonyl (C=O) groups is 1. The lowest BCUT2D eigenvalue weighted by atomic mass is 9.87. The molecule has 0 radical (unpaired) electrons.